The standard InChI is InChI=1S/C20H27N5O2/c1-4-15(2)16-5-7-17(8-6-16)22-20(27)25-11-9-24(10-12-25)18-13-19(26)23(3)21-14-18/h5-8,13-15H,4,9-12H2,1-3H3,(H,22,27)/t15-/m0/s1. The van der Waals surface area contributed by atoms with Gasteiger partial charge in [0.25, 0.3) is 5.56 Å². The quantitative estimate of drug-likeness (QED) is 0.899. The number of benzene rings is 1. The fourth-order valence-electron chi connectivity index (χ4n) is 3.13. The van der Waals surface area contributed by atoms with Crippen molar-refractivity contribution in [1.29, 1.82) is 0 Å². The molecule has 0 spiro atoms. The maximum absolute atomic E-state index is 12.5. The number of amides is 2. The number of aryl methyl sites for hydroxylation is 1. The molecule has 2 amide bonds. The van der Waals surface area contributed by atoms with Crippen LogP contribution < -0.4 is 15.8 Å². The van der Waals surface area contributed by atoms with Crippen molar-refractivity contribution >= 4 is 17.4 Å². The second-order valence-electron chi connectivity index (χ2n) is 7.01. The summed E-state index contributed by atoms with van der Waals surface area (Å²) in [6.07, 6.45) is 2.79. The summed E-state index contributed by atoms with van der Waals surface area (Å²) in [5.74, 6) is 0.520. The molecule has 1 aromatic carbocycles. The van der Waals surface area contributed by atoms with E-state index in [1.165, 1.54) is 10.2 Å². The molecule has 1 aliphatic rings. The van der Waals surface area contributed by atoms with Crippen molar-refractivity contribution in [3.8, 4) is 0 Å². The molecule has 2 heterocycles. The SMILES string of the molecule is CC[C@H](C)c1ccc(NC(=O)N2CCN(c3cnn(C)c(=O)c3)CC2)cc1. The lowest BCUT2D eigenvalue weighted by Gasteiger charge is -2.35. The highest BCUT2D eigenvalue weighted by atomic mass is 16.2. The summed E-state index contributed by atoms with van der Waals surface area (Å²) in [5, 5.41) is 7.03. The van der Waals surface area contributed by atoms with Crippen LogP contribution in [0.15, 0.2) is 41.3 Å². The van der Waals surface area contributed by atoms with Gasteiger partial charge in [0, 0.05) is 45.0 Å². The van der Waals surface area contributed by atoms with Gasteiger partial charge in [0.05, 0.1) is 11.9 Å². The second kappa shape index (κ2) is 8.24. The van der Waals surface area contributed by atoms with E-state index in [1.54, 1.807) is 24.2 Å². The number of hydrogen-bond donors (Lipinski definition) is 1. The summed E-state index contributed by atoms with van der Waals surface area (Å²) in [6, 6.07) is 9.56. The van der Waals surface area contributed by atoms with Crippen molar-refractivity contribution in [3.05, 3.63) is 52.4 Å². The maximum Gasteiger partial charge on any atom is 0.321 e. The van der Waals surface area contributed by atoms with E-state index >= 15 is 0 Å². The number of aromatic nitrogens is 2. The Labute approximate surface area is 159 Å². The molecule has 144 valence electrons. The monoisotopic (exact) mass is 369 g/mol. The minimum Gasteiger partial charge on any atom is -0.367 e. The molecule has 1 N–H and O–H groups in total. The van der Waals surface area contributed by atoms with Gasteiger partial charge in [-0.3, -0.25) is 4.79 Å². The largest absolute Gasteiger partial charge is 0.367 e. The Bertz CT molecular complexity index is 838. The van der Waals surface area contributed by atoms with Crippen LogP contribution in [0.25, 0.3) is 0 Å². The molecule has 3 rings (SSSR count). The molecule has 0 unspecified atom stereocenters. The predicted octanol–water partition coefficient (Wildman–Crippen LogP) is 2.65. The van der Waals surface area contributed by atoms with Crippen molar-refractivity contribution in [2.45, 2.75) is 26.2 Å². The molecule has 1 atom stereocenters. The highest BCUT2D eigenvalue weighted by Crippen LogP contribution is 2.21. The Kier molecular flexibility index (Phi) is 5.78. The third-order valence-corrected chi connectivity index (χ3v) is 5.23. The fraction of sp³-hybridized carbons (Fsp3) is 0.450. The Balaban J connectivity index is 1.55. The number of urea groups is 1. The Morgan fingerprint density at radius 1 is 1.19 bits per heavy atom. The third-order valence-electron chi connectivity index (χ3n) is 5.23. The Hall–Kier alpha value is -2.83. The first-order valence-corrected chi connectivity index (χ1v) is 9.42. The topological polar surface area (TPSA) is 70.5 Å². The van der Waals surface area contributed by atoms with Crippen LogP contribution in [0, 0.1) is 0 Å². The van der Waals surface area contributed by atoms with E-state index in [-0.39, 0.29) is 11.6 Å². The van der Waals surface area contributed by atoms with Gasteiger partial charge in [-0.25, -0.2) is 9.48 Å². The number of anilines is 2. The lowest BCUT2D eigenvalue weighted by atomic mass is 9.99. The van der Waals surface area contributed by atoms with Crippen LogP contribution in [0.1, 0.15) is 31.7 Å². The second-order valence-corrected chi connectivity index (χ2v) is 7.01. The van der Waals surface area contributed by atoms with Crippen molar-refractivity contribution in [1.82, 2.24) is 14.7 Å². The molecule has 1 saturated heterocycles. The number of hydrogen-bond acceptors (Lipinski definition) is 4. The first-order valence-electron chi connectivity index (χ1n) is 9.42. The normalized spacial score (nSPS) is 15.5. The average Bonchev–Trinajstić information content (AvgIpc) is 2.70. The number of nitrogens with zero attached hydrogens (tertiary/aromatic N) is 4. The van der Waals surface area contributed by atoms with Crippen molar-refractivity contribution < 1.29 is 4.79 Å². The highest BCUT2D eigenvalue weighted by Gasteiger charge is 2.22. The number of carbonyl (C=O) groups is 1. The van der Waals surface area contributed by atoms with Gasteiger partial charge < -0.3 is 15.1 Å². The van der Waals surface area contributed by atoms with E-state index in [1.807, 2.05) is 12.1 Å². The summed E-state index contributed by atoms with van der Waals surface area (Å²) >= 11 is 0. The van der Waals surface area contributed by atoms with E-state index in [4.69, 9.17) is 0 Å². The smallest absolute Gasteiger partial charge is 0.321 e. The fourth-order valence-corrected chi connectivity index (χ4v) is 3.13. The van der Waals surface area contributed by atoms with E-state index in [9.17, 15) is 9.59 Å². The lowest BCUT2D eigenvalue weighted by molar-refractivity contribution is 0.208. The summed E-state index contributed by atoms with van der Waals surface area (Å²) in [5.41, 5.74) is 2.77. The minimum absolute atomic E-state index is 0.0898. The molecular weight excluding hydrogens is 342 g/mol. The van der Waals surface area contributed by atoms with Gasteiger partial charge in [-0.05, 0) is 30.0 Å². The minimum atomic E-state index is -0.131. The highest BCUT2D eigenvalue weighted by molar-refractivity contribution is 5.89. The van der Waals surface area contributed by atoms with Gasteiger partial charge in [0.15, 0.2) is 0 Å². The van der Waals surface area contributed by atoms with Crippen LogP contribution >= 0.6 is 0 Å². The van der Waals surface area contributed by atoms with E-state index in [2.05, 4.69) is 41.3 Å². The Morgan fingerprint density at radius 3 is 2.44 bits per heavy atom. The molecule has 0 radical (unpaired) electrons. The lowest BCUT2D eigenvalue weighted by Crippen LogP contribution is -2.50. The summed E-state index contributed by atoms with van der Waals surface area (Å²) < 4.78 is 1.31. The number of nitrogens with one attached hydrogen (secondary N) is 1. The summed E-state index contributed by atoms with van der Waals surface area (Å²) in [6.45, 7) is 6.93. The van der Waals surface area contributed by atoms with Crippen molar-refractivity contribution in [2.75, 3.05) is 36.4 Å². The zero-order valence-corrected chi connectivity index (χ0v) is 16.2. The van der Waals surface area contributed by atoms with Crippen LogP contribution in [0.5, 0.6) is 0 Å². The van der Waals surface area contributed by atoms with E-state index in [0.717, 1.165) is 17.8 Å². The maximum atomic E-state index is 12.5. The van der Waals surface area contributed by atoms with Gasteiger partial charge >= 0.3 is 6.03 Å². The van der Waals surface area contributed by atoms with E-state index in [0.29, 0.717) is 32.1 Å². The molecule has 1 aromatic heterocycles. The van der Waals surface area contributed by atoms with Crippen LogP contribution in [0.2, 0.25) is 0 Å². The molecule has 7 heteroatoms. The molecule has 1 fully saturated rings. The summed E-state index contributed by atoms with van der Waals surface area (Å²) in [7, 11) is 1.63. The van der Waals surface area contributed by atoms with Gasteiger partial charge in [0.1, 0.15) is 0 Å². The molecule has 7 nitrogen and oxygen atoms in total. The first kappa shape index (κ1) is 18.9. The van der Waals surface area contributed by atoms with Crippen molar-refractivity contribution in [2.24, 2.45) is 7.05 Å². The molecule has 27 heavy (non-hydrogen) atoms. The number of rotatable bonds is 4. The van der Waals surface area contributed by atoms with Gasteiger partial charge in [0.2, 0.25) is 0 Å². The van der Waals surface area contributed by atoms with Gasteiger partial charge in [-0.1, -0.05) is 26.0 Å². The predicted molar refractivity (Wildman–Crippen MR) is 107 cm³/mol. The zero-order valence-electron chi connectivity index (χ0n) is 16.2. The van der Waals surface area contributed by atoms with Crippen LogP contribution in [-0.4, -0.2) is 46.9 Å². The number of carbonyl (C=O) groups excluding carboxylic acids is 1. The Morgan fingerprint density at radius 2 is 1.85 bits per heavy atom. The zero-order chi connectivity index (χ0) is 19.4. The number of piperazine rings is 1. The molecule has 0 bridgehead atoms. The van der Waals surface area contributed by atoms with Gasteiger partial charge in [-0.15, -0.1) is 0 Å². The molecule has 2 aromatic rings. The van der Waals surface area contributed by atoms with Crippen LogP contribution in [-0.2, 0) is 7.05 Å². The van der Waals surface area contributed by atoms with Crippen LogP contribution in [0.3, 0.4) is 0 Å². The molecule has 0 aliphatic carbocycles. The molecular formula is C20H27N5O2. The molecule has 1 aliphatic heterocycles. The first-order chi connectivity index (χ1) is 13.0. The van der Waals surface area contributed by atoms with Crippen molar-refractivity contribution in [3.63, 3.8) is 0 Å². The third kappa shape index (κ3) is 4.48. The van der Waals surface area contributed by atoms with Gasteiger partial charge in [-0.2, -0.15) is 5.10 Å². The average molecular weight is 369 g/mol. The molecule has 0 saturated carbocycles. The summed E-state index contributed by atoms with van der Waals surface area (Å²) in [4.78, 5) is 28.1. The van der Waals surface area contributed by atoms with E-state index < -0.39 is 0 Å². The van der Waals surface area contributed by atoms with Crippen LogP contribution in [0.4, 0.5) is 16.2 Å².